The van der Waals surface area contributed by atoms with E-state index in [4.69, 9.17) is 4.74 Å². The first-order valence-electron chi connectivity index (χ1n) is 3.77. The Kier molecular flexibility index (Phi) is 3.37. The Hall–Kier alpha value is -2.17. The fourth-order valence-electron chi connectivity index (χ4n) is 0.690. The monoisotopic (exact) mass is 192 g/mol. The van der Waals surface area contributed by atoms with Crippen molar-refractivity contribution in [1.29, 1.82) is 0 Å². The summed E-state index contributed by atoms with van der Waals surface area (Å²) in [6.45, 7) is 3.19. The second kappa shape index (κ2) is 4.76. The second-order valence-electron chi connectivity index (χ2n) is 2.27. The molecule has 0 aromatic carbocycles. The molecule has 0 fully saturated rings. The number of amides is 2. The molecule has 0 bridgehead atoms. The molecular weight excluding hydrogens is 184 g/mol. The Bertz CT molecular complexity index is 348. The van der Waals surface area contributed by atoms with Gasteiger partial charge in [0.1, 0.15) is 5.75 Å². The summed E-state index contributed by atoms with van der Waals surface area (Å²) in [5, 5.41) is 1.94. The highest BCUT2D eigenvalue weighted by Crippen LogP contribution is 2.06. The van der Waals surface area contributed by atoms with E-state index in [0.29, 0.717) is 5.75 Å². The Morgan fingerprint density at radius 3 is 2.64 bits per heavy atom. The minimum absolute atomic E-state index is 0.314. The second-order valence-corrected chi connectivity index (χ2v) is 2.27. The zero-order chi connectivity index (χ0) is 10.4. The lowest BCUT2D eigenvalue weighted by Crippen LogP contribution is -2.31. The van der Waals surface area contributed by atoms with Crippen molar-refractivity contribution in [3.8, 4) is 5.75 Å². The number of nitrogens with zero attached hydrogens (tertiary/aromatic N) is 1. The van der Waals surface area contributed by atoms with Crippen LogP contribution in [-0.4, -0.2) is 17.0 Å². The van der Waals surface area contributed by atoms with Crippen LogP contribution in [0.25, 0.3) is 0 Å². The first kappa shape index (κ1) is 9.91. The Balaban J connectivity index is 2.50. The number of hydrogen-bond donors (Lipinski definition) is 1. The molecule has 0 aliphatic carbocycles. The number of pyridine rings is 1. The number of hydrogen-bond acceptors (Lipinski definition) is 4. The van der Waals surface area contributed by atoms with Crippen molar-refractivity contribution in [2.24, 2.45) is 0 Å². The van der Waals surface area contributed by atoms with Crippen LogP contribution in [0.15, 0.2) is 37.2 Å². The average Bonchev–Trinajstić information content (AvgIpc) is 2.19. The van der Waals surface area contributed by atoms with Gasteiger partial charge in [0, 0.05) is 12.4 Å². The number of ether oxygens (including phenoxy) is 1. The molecule has 1 rings (SSSR count). The van der Waals surface area contributed by atoms with Crippen LogP contribution in [0.4, 0.5) is 4.79 Å². The van der Waals surface area contributed by atoms with Crippen molar-refractivity contribution in [1.82, 2.24) is 10.3 Å². The molecule has 2 amide bonds. The highest BCUT2D eigenvalue weighted by Gasteiger charge is 2.05. The van der Waals surface area contributed by atoms with Gasteiger partial charge in [-0.1, -0.05) is 6.58 Å². The van der Waals surface area contributed by atoms with Crippen LogP contribution in [0.3, 0.4) is 0 Å². The quantitative estimate of drug-likeness (QED) is 0.706. The minimum atomic E-state index is -0.846. The SMILES string of the molecule is C=CC(=O)NC(=O)Oc1ccncc1. The van der Waals surface area contributed by atoms with Crippen molar-refractivity contribution in [3.05, 3.63) is 37.2 Å². The molecule has 0 saturated heterocycles. The fraction of sp³-hybridized carbons (Fsp3) is 0. The van der Waals surface area contributed by atoms with Gasteiger partial charge in [-0.2, -0.15) is 0 Å². The molecule has 0 saturated carbocycles. The number of rotatable bonds is 2. The van der Waals surface area contributed by atoms with Gasteiger partial charge < -0.3 is 4.74 Å². The van der Waals surface area contributed by atoms with Crippen LogP contribution in [0, 0.1) is 0 Å². The Labute approximate surface area is 80.4 Å². The van der Waals surface area contributed by atoms with Crippen LogP contribution in [0.1, 0.15) is 0 Å². The molecule has 14 heavy (non-hydrogen) atoms. The van der Waals surface area contributed by atoms with Gasteiger partial charge in [0.2, 0.25) is 0 Å². The van der Waals surface area contributed by atoms with E-state index in [1.54, 1.807) is 0 Å². The maximum Gasteiger partial charge on any atom is 0.419 e. The molecule has 0 atom stereocenters. The third-order valence-electron chi connectivity index (χ3n) is 1.27. The largest absolute Gasteiger partial charge is 0.419 e. The first-order chi connectivity index (χ1) is 6.72. The lowest BCUT2D eigenvalue weighted by atomic mass is 10.5. The van der Waals surface area contributed by atoms with Crippen molar-refractivity contribution < 1.29 is 14.3 Å². The summed E-state index contributed by atoms with van der Waals surface area (Å²) in [4.78, 5) is 25.4. The summed E-state index contributed by atoms with van der Waals surface area (Å²) < 4.78 is 4.73. The molecular formula is C9H8N2O3. The van der Waals surface area contributed by atoms with E-state index in [2.05, 4.69) is 11.6 Å². The van der Waals surface area contributed by atoms with E-state index in [1.807, 2.05) is 5.32 Å². The average molecular weight is 192 g/mol. The standard InChI is InChI=1S/C9H8N2O3/c1-2-8(12)11-9(13)14-7-3-5-10-6-4-7/h2-6H,1H2,(H,11,12,13). The molecule has 5 heteroatoms. The highest BCUT2D eigenvalue weighted by atomic mass is 16.6. The molecule has 0 unspecified atom stereocenters. The van der Waals surface area contributed by atoms with E-state index < -0.39 is 12.0 Å². The molecule has 1 N–H and O–H groups in total. The fourth-order valence-corrected chi connectivity index (χ4v) is 0.690. The number of imide groups is 1. The van der Waals surface area contributed by atoms with E-state index in [1.165, 1.54) is 24.5 Å². The minimum Gasteiger partial charge on any atom is -0.410 e. The summed E-state index contributed by atoms with van der Waals surface area (Å²) in [5.41, 5.74) is 0. The number of carbonyl (C=O) groups is 2. The van der Waals surface area contributed by atoms with Gasteiger partial charge in [-0.05, 0) is 18.2 Å². The van der Waals surface area contributed by atoms with Gasteiger partial charge in [0.25, 0.3) is 5.91 Å². The van der Waals surface area contributed by atoms with Crippen LogP contribution >= 0.6 is 0 Å². The predicted octanol–water partition coefficient (Wildman–Crippen LogP) is 0.883. The summed E-state index contributed by atoms with van der Waals surface area (Å²) in [6, 6.07) is 3.00. The molecule has 0 spiro atoms. The Morgan fingerprint density at radius 2 is 2.07 bits per heavy atom. The highest BCUT2D eigenvalue weighted by molar-refractivity contribution is 5.98. The molecule has 0 aliphatic heterocycles. The zero-order valence-electron chi connectivity index (χ0n) is 7.27. The van der Waals surface area contributed by atoms with Gasteiger partial charge in [-0.3, -0.25) is 15.1 Å². The van der Waals surface area contributed by atoms with Crippen LogP contribution in [0.2, 0.25) is 0 Å². The van der Waals surface area contributed by atoms with E-state index in [-0.39, 0.29) is 0 Å². The zero-order valence-corrected chi connectivity index (χ0v) is 7.27. The summed E-state index contributed by atoms with van der Waals surface area (Å²) in [5.74, 6) is -0.293. The maximum atomic E-state index is 11.0. The van der Waals surface area contributed by atoms with Crippen LogP contribution in [0.5, 0.6) is 5.75 Å². The number of nitrogens with one attached hydrogen (secondary N) is 1. The van der Waals surface area contributed by atoms with Gasteiger partial charge >= 0.3 is 6.09 Å². The smallest absolute Gasteiger partial charge is 0.410 e. The lowest BCUT2D eigenvalue weighted by molar-refractivity contribution is -0.115. The van der Waals surface area contributed by atoms with Gasteiger partial charge in [-0.15, -0.1) is 0 Å². The molecule has 5 nitrogen and oxygen atoms in total. The van der Waals surface area contributed by atoms with Crippen molar-refractivity contribution in [2.45, 2.75) is 0 Å². The van der Waals surface area contributed by atoms with Crippen molar-refractivity contribution in [2.75, 3.05) is 0 Å². The molecule has 0 aliphatic rings. The van der Waals surface area contributed by atoms with Crippen molar-refractivity contribution >= 4 is 12.0 Å². The topological polar surface area (TPSA) is 68.3 Å². The summed E-state index contributed by atoms with van der Waals surface area (Å²) >= 11 is 0. The molecule has 72 valence electrons. The van der Waals surface area contributed by atoms with Gasteiger partial charge in [0.05, 0.1) is 0 Å². The maximum absolute atomic E-state index is 11.0. The van der Waals surface area contributed by atoms with Crippen LogP contribution in [-0.2, 0) is 4.79 Å². The Morgan fingerprint density at radius 1 is 1.43 bits per heavy atom. The van der Waals surface area contributed by atoms with E-state index >= 15 is 0 Å². The van der Waals surface area contributed by atoms with Crippen molar-refractivity contribution in [3.63, 3.8) is 0 Å². The summed E-state index contributed by atoms with van der Waals surface area (Å²) in [7, 11) is 0. The number of carbonyl (C=O) groups excluding carboxylic acids is 2. The number of aromatic nitrogens is 1. The predicted molar refractivity (Wildman–Crippen MR) is 48.6 cm³/mol. The van der Waals surface area contributed by atoms with Crippen LogP contribution < -0.4 is 10.1 Å². The van der Waals surface area contributed by atoms with Gasteiger partial charge in [0.15, 0.2) is 0 Å². The summed E-state index contributed by atoms with van der Waals surface area (Å²) in [6.07, 6.45) is 3.07. The third-order valence-corrected chi connectivity index (χ3v) is 1.27. The molecule has 1 aromatic heterocycles. The van der Waals surface area contributed by atoms with Gasteiger partial charge in [-0.25, -0.2) is 4.79 Å². The lowest BCUT2D eigenvalue weighted by Gasteiger charge is -2.02. The molecule has 1 heterocycles. The van der Waals surface area contributed by atoms with E-state index in [0.717, 1.165) is 6.08 Å². The normalized spacial score (nSPS) is 8.86. The first-order valence-corrected chi connectivity index (χ1v) is 3.77. The molecule has 1 aromatic rings. The third kappa shape index (κ3) is 3.06. The van der Waals surface area contributed by atoms with E-state index in [9.17, 15) is 9.59 Å². The molecule has 0 radical (unpaired) electrons.